The van der Waals surface area contributed by atoms with Gasteiger partial charge in [0.2, 0.25) is 0 Å². The van der Waals surface area contributed by atoms with Crippen molar-refractivity contribution in [3.63, 3.8) is 0 Å². The number of fused-ring (bicyclic) bond motifs is 3. The lowest BCUT2D eigenvalue weighted by Gasteiger charge is -2.31. The maximum Gasteiger partial charge on any atom is 0.415 e. The average molecular weight is 457 g/mol. The molecule has 0 unspecified atom stereocenters. The molecule has 1 amide bonds. The third-order valence-electron chi connectivity index (χ3n) is 5.43. The van der Waals surface area contributed by atoms with Crippen molar-refractivity contribution in [1.82, 2.24) is 4.57 Å². The van der Waals surface area contributed by atoms with E-state index < -0.39 is 12.2 Å². The fourth-order valence-electron chi connectivity index (χ4n) is 3.92. The van der Waals surface area contributed by atoms with Crippen LogP contribution in [0.5, 0.6) is 5.75 Å². The number of nitrogens with zero attached hydrogens (tertiary/aromatic N) is 2. The number of Topliss-reactive ketones (excluding diaryl/α,β-unsaturated/α-hetero) is 1. The van der Waals surface area contributed by atoms with Gasteiger partial charge in [0.05, 0.1) is 20.6 Å². The molecule has 4 heterocycles. The number of ether oxygens (including phenoxy) is 2. The van der Waals surface area contributed by atoms with Crippen molar-refractivity contribution in [3.8, 4) is 11.4 Å². The number of hydrogen-bond donors (Lipinski definition) is 0. The fraction of sp³-hybridized carbons (Fsp3) is 0.227. The summed E-state index contributed by atoms with van der Waals surface area (Å²) in [5.41, 5.74) is 1.08. The summed E-state index contributed by atoms with van der Waals surface area (Å²) in [6, 6.07) is 13.3. The minimum absolute atomic E-state index is 0.0264. The van der Waals surface area contributed by atoms with E-state index in [0.717, 1.165) is 0 Å². The number of carbonyl (C=O) groups excluding carboxylic acids is 2. The molecular weight excluding hydrogens is 440 g/mol. The molecule has 0 bridgehead atoms. The van der Waals surface area contributed by atoms with E-state index in [0.29, 0.717) is 32.8 Å². The summed E-state index contributed by atoms with van der Waals surface area (Å²) in [6.07, 6.45) is 1.42. The predicted molar refractivity (Wildman–Crippen MR) is 117 cm³/mol. The van der Waals surface area contributed by atoms with Gasteiger partial charge in [-0.15, -0.1) is 11.3 Å². The Labute approximate surface area is 186 Å². The van der Waals surface area contributed by atoms with Gasteiger partial charge in [-0.2, -0.15) is 0 Å². The van der Waals surface area contributed by atoms with Crippen LogP contribution in [-0.4, -0.2) is 35.2 Å². The van der Waals surface area contributed by atoms with Crippen LogP contribution >= 0.6 is 22.9 Å². The Morgan fingerprint density at radius 1 is 1.16 bits per heavy atom. The lowest BCUT2D eigenvalue weighted by Crippen LogP contribution is -2.44. The van der Waals surface area contributed by atoms with Crippen LogP contribution < -0.4 is 15.2 Å². The van der Waals surface area contributed by atoms with Crippen molar-refractivity contribution >= 4 is 40.5 Å². The molecule has 1 aromatic carbocycles. The number of aromatic nitrogens is 1. The first-order chi connectivity index (χ1) is 15.0. The van der Waals surface area contributed by atoms with E-state index in [1.807, 2.05) is 0 Å². The third-order valence-corrected chi connectivity index (χ3v) is 6.70. The molecule has 31 heavy (non-hydrogen) atoms. The minimum Gasteiger partial charge on any atom is -0.489 e. The highest BCUT2D eigenvalue weighted by atomic mass is 35.5. The zero-order valence-electron chi connectivity index (χ0n) is 16.2. The van der Waals surface area contributed by atoms with Gasteiger partial charge >= 0.3 is 6.09 Å². The van der Waals surface area contributed by atoms with Crippen molar-refractivity contribution in [1.29, 1.82) is 0 Å². The summed E-state index contributed by atoms with van der Waals surface area (Å²) in [5.74, 6) is 0.480. The zero-order chi connectivity index (χ0) is 21.5. The number of benzene rings is 1. The van der Waals surface area contributed by atoms with Crippen molar-refractivity contribution in [2.45, 2.75) is 25.0 Å². The normalized spacial score (nSPS) is 19.4. The van der Waals surface area contributed by atoms with Gasteiger partial charge < -0.3 is 9.47 Å². The Balaban J connectivity index is 1.34. The highest BCUT2D eigenvalue weighted by molar-refractivity contribution is 7.18. The number of amides is 1. The van der Waals surface area contributed by atoms with Gasteiger partial charge in [-0.1, -0.05) is 17.7 Å². The molecule has 0 radical (unpaired) electrons. The van der Waals surface area contributed by atoms with Crippen molar-refractivity contribution in [2.75, 3.05) is 11.5 Å². The maximum atomic E-state index is 12.6. The van der Waals surface area contributed by atoms with Crippen molar-refractivity contribution < 1.29 is 19.1 Å². The Kier molecular flexibility index (Phi) is 5.03. The van der Waals surface area contributed by atoms with Crippen LogP contribution in [0.2, 0.25) is 4.34 Å². The van der Waals surface area contributed by atoms with Crippen molar-refractivity contribution in [2.24, 2.45) is 0 Å². The average Bonchev–Trinajstić information content (AvgIpc) is 3.35. The number of halogens is 1. The molecule has 1 saturated heterocycles. The SMILES string of the molecule is O=C(CC[C@@H]1OC(=O)N2c3ccc(-n4ccccc4=O)cc3OC[C@@H]12)c1ccc(Cl)s1. The molecule has 9 heteroatoms. The predicted octanol–water partition coefficient (Wildman–Crippen LogP) is 4.30. The van der Waals surface area contributed by atoms with Crippen LogP contribution in [0.1, 0.15) is 22.5 Å². The molecule has 2 aromatic heterocycles. The van der Waals surface area contributed by atoms with Crippen LogP contribution in [0, 0.1) is 0 Å². The largest absolute Gasteiger partial charge is 0.489 e. The fourth-order valence-corrected chi connectivity index (χ4v) is 4.93. The number of anilines is 1. The van der Waals surface area contributed by atoms with E-state index in [4.69, 9.17) is 21.1 Å². The first-order valence-corrected chi connectivity index (χ1v) is 10.9. The Morgan fingerprint density at radius 2 is 2.03 bits per heavy atom. The van der Waals surface area contributed by atoms with Gasteiger partial charge in [0.15, 0.2) is 5.78 Å². The lowest BCUT2D eigenvalue weighted by molar-refractivity contribution is 0.0904. The molecule has 0 saturated carbocycles. The number of rotatable bonds is 5. The van der Waals surface area contributed by atoms with E-state index in [9.17, 15) is 14.4 Å². The van der Waals surface area contributed by atoms with Crippen LogP contribution in [0.3, 0.4) is 0 Å². The molecule has 0 aliphatic carbocycles. The Morgan fingerprint density at radius 3 is 2.81 bits per heavy atom. The van der Waals surface area contributed by atoms with E-state index >= 15 is 0 Å². The van der Waals surface area contributed by atoms with Crippen LogP contribution in [-0.2, 0) is 4.74 Å². The second kappa shape index (κ2) is 7.86. The quantitative estimate of drug-likeness (QED) is 0.535. The van der Waals surface area contributed by atoms with Gasteiger partial charge in [0.1, 0.15) is 24.5 Å². The number of ketones is 1. The molecule has 2 atom stereocenters. The van der Waals surface area contributed by atoms with Crippen LogP contribution in [0.4, 0.5) is 10.5 Å². The molecular formula is C22H17ClN2O5S. The number of pyridine rings is 1. The molecule has 0 N–H and O–H groups in total. The van der Waals surface area contributed by atoms with Gasteiger partial charge in [-0.25, -0.2) is 4.79 Å². The Hall–Kier alpha value is -3.10. The second-order valence-corrected chi connectivity index (χ2v) is 9.01. The highest BCUT2D eigenvalue weighted by Crippen LogP contribution is 2.40. The topological polar surface area (TPSA) is 77.8 Å². The molecule has 2 aliphatic rings. The summed E-state index contributed by atoms with van der Waals surface area (Å²) in [4.78, 5) is 39.3. The summed E-state index contributed by atoms with van der Waals surface area (Å²) in [5, 5.41) is 0. The highest BCUT2D eigenvalue weighted by Gasteiger charge is 2.46. The summed E-state index contributed by atoms with van der Waals surface area (Å²) < 4.78 is 13.6. The van der Waals surface area contributed by atoms with Gasteiger partial charge in [-0.3, -0.25) is 19.1 Å². The van der Waals surface area contributed by atoms with Gasteiger partial charge in [0.25, 0.3) is 5.56 Å². The molecule has 0 spiro atoms. The Bertz CT molecular complexity index is 1240. The molecule has 3 aromatic rings. The van der Waals surface area contributed by atoms with Crippen LogP contribution in [0.25, 0.3) is 5.69 Å². The third kappa shape index (κ3) is 3.62. The number of thiophene rings is 1. The van der Waals surface area contributed by atoms with E-state index in [-0.39, 0.29) is 30.4 Å². The first-order valence-electron chi connectivity index (χ1n) is 9.74. The second-order valence-electron chi connectivity index (χ2n) is 7.30. The summed E-state index contributed by atoms with van der Waals surface area (Å²) in [6.45, 7) is 0.246. The standard InChI is InChI=1S/C22H17ClN2O5S/c23-20-9-8-19(31-20)16(26)6-7-17-15-12-29-18-11-13(24-10-2-1-3-21(24)27)4-5-14(18)25(15)22(28)30-17/h1-5,8-11,15,17H,6-7,12H2/t15-,17-/m0/s1. The minimum atomic E-state index is -0.462. The molecule has 5 rings (SSSR count). The van der Waals surface area contributed by atoms with E-state index in [1.54, 1.807) is 53.6 Å². The summed E-state index contributed by atoms with van der Waals surface area (Å²) >= 11 is 7.15. The maximum absolute atomic E-state index is 12.6. The zero-order valence-corrected chi connectivity index (χ0v) is 17.8. The van der Waals surface area contributed by atoms with E-state index in [2.05, 4.69) is 0 Å². The monoisotopic (exact) mass is 456 g/mol. The smallest absolute Gasteiger partial charge is 0.415 e. The molecule has 7 nitrogen and oxygen atoms in total. The molecule has 1 fully saturated rings. The van der Waals surface area contributed by atoms with Crippen LogP contribution in [0.15, 0.2) is 59.5 Å². The first kappa shape index (κ1) is 19.8. The van der Waals surface area contributed by atoms with E-state index in [1.165, 1.54) is 22.0 Å². The number of cyclic esters (lactones) is 1. The van der Waals surface area contributed by atoms with Gasteiger partial charge in [-0.05, 0) is 36.8 Å². The molecule has 158 valence electrons. The molecule has 2 aliphatic heterocycles. The summed E-state index contributed by atoms with van der Waals surface area (Å²) in [7, 11) is 0. The lowest BCUT2D eigenvalue weighted by atomic mass is 10.0. The number of carbonyl (C=O) groups is 2. The van der Waals surface area contributed by atoms with Crippen molar-refractivity contribution in [3.05, 3.63) is 74.3 Å². The van der Waals surface area contributed by atoms with Gasteiger partial charge in [0, 0.05) is 24.8 Å². The number of hydrogen-bond acceptors (Lipinski definition) is 6.